The second kappa shape index (κ2) is 7.89. The number of aromatic nitrogens is 2. The minimum absolute atomic E-state index is 0. The lowest BCUT2D eigenvalue weighted by molar-refractivity contribution is 0.316. The smallest absolute Gasteiger partial charge is 0.186 e. The van der Waals surface area contributed by atoms with Crippen LogP contribution in [0, 0.1) is 5.41 Å². The van der Waals surface area contributed by atoms with Crippen LogP contribution in [-0.2, 0) is 11.2 Å². The van der Waals surface area contributed by atoms with Crippen LogP contribution in [0.1, 0.15) is 12.6 Å². The molecule has 0 saturated carbocycles. The Kier molecular flexibility index (Phi) is 8.96. The zero-order valence-electron chi connectivity index (χ0n) is 7.24. The van der Waals surface area contributed by atoms with Gasteiger partial charge in [0, 0.05) is 11.9 Å². The molecular formula is C7H13Cl2N3O. The van der Waals surface area contributed by atoms with Crippen LogP contribution < -0.4 is 0 Å². The van der Waals surface area contributed by atoms with E-state index in [2.05, 4.69) is 10.2 Å². The highest BCUT2D eigenvalue weighted by atomic mass is 35.5. The summed E-state index contributed by atoms with van der Waals surface area (Å²) in [7, 11) is 0. The SMILES string of the molecule is CCOC(=N)Cc1ccn[nH]1.Cl.Cl. The molecule has 0 bridgehead atoms. The maximum Gasteiger partial charge on any atom is 0.186 e. The first-order valence-corrected chi connectivity index (χ1v) is 3.51. The Morgan fingerprint density at radius 3 is 2.77 bits per heavy atom. The first kappa shape index (κ1) is 14.8. The van der Waals surface area contributed by atoms with Crippen LogP contribution in [0.25, 0.3) is 0 Å². The van der Waals surface area contributed by atoms with Gasteiger partial charge in [0.05, 0.1) is 13.0 Å². The lowest BCUT2D eigenvalue weighted by Crippen LogP contribution is -2.06. The van der Waals surface area contributed by atoms with E-state index in [4.69, 9.17) is 10.1 Å². The number of rotatable bonds is 3. The van der Waals surface area contributed by atoms with Gasteiger partial charge in [-0.15, -0.1) is 24.8 Å². The molecular weight excluding hydrogens is 213 g/mol. The van der Waals surface area contributed by atoms with Crippen molar-refractivity contribution in [3.63, 3.8) is 0 Å². The Bertz CT molecular complexity index is 226. The van der Waals surface area contributed by atoms with Crippen LogP contribution in [0.2, 0.25) is 0 Å². The molecule has 0 saturated heterocycles. The second-order valence-corrected chi connectivity index (χ2v) is 2.11. The molecule has 0 atom stereocenters. The fourth-order valence-corrected chi connectivity index (χ4v) is 0.781. The Labute approximate surface area is 89.4 Å². The molecule has 6 heteroatoms. The summed E-state index contributed by atoms with van der Waals surface area (Å²) >= 11 is 0. The summed E-state index contributed by atoms with van der Waals surface area (Å²) < 4.78 is 4.95. The molecule has 13 heavy (non-hydrogen) atoms. The molecule has 76 valence electrons. The average molecular weight is 226 g/mol. The van der Waals surface area contributed by atoms with Crippen molar-refractivity contribution >= 4 is 30.7 Å². The third-order valence-electron chi connectivity index (χ3n) is 1.23. The molecule has 0 amide bonds. The number of hydrogen-bond donors (Lipinski definition) is 2. The highest BCUT2D eigenvalue weighted by molar-refractivity contribution is 5.85. The molecule has 0 spiro atoms. The largest absolute Gasteiger partial charge is 0.481 e. The summed E-state index contributed by atoms with van der Waals surface area (Å²) in [5.41, 5.74) is 0.906. The van der Waals surface area contributed by atoms with Gasteiger partial charge in [-0.05, 0) is 13.0 Å². The van der Waals surface area contributed by atoms with Crippen molar-refractivity contribution < 1.29 is 4.74 Å². The van der Waals surface area contributed by atoms with Gasteiger partial charge in [0.2, 0.25) is 0 Å². The maximum absolute atomic E-state index is 7.29. The number of nitrogens with one attached hydrogen (secondary N) is 2. The fourth-order valence-electron chi connectivity index (χ4n) is 0.781. The van der Waals surface area contributed by atoms with Gasteiger partial charge in [-0.25, -0.2) is 0 Å². The molecule has 0 aromatic carbocycles. The standard InChI is InChI=1S/C7H11N3O.2ClH/c1-2-11-7(8)5-6-3-4-9-10-6;;/h3-4,8H,2,5H2,1H3,(H,9,10);2*1H. The van der Waals surface area contributed by atoms with Gasteiger partial charge in [0.15, 0.2) is 5.90 Å². The summed E-state index contributed by atoms with van der Waals surface area (Å²) in [4.78, 5) is 0. The zero-order chi connectivity index (χ0) is 8.10. The molecule has 1 aromatic heterocycles. The van der Waals surface area contributed by atoms with E-state index in [1.165, 1.54) is 0 Å². The van der Waals surface area contributed by atoms with Crippen LogP contribution >= 0.6 is 24.8 Å². The monoisotopic (exact) mass is 225 g/mol. The van der Waals surface area contributed by atoms with E-state index in [9.17, 15) is 0 Å². The molecule has 1 aromatic rings. The Balaban J connectivity index is 0. The van der Waals surface area contributed by atoms with Crippen molar-refractivity contribution in [1.82, 2.24) is 10.2 Å². The topological polar surface area (TPSA) is 61.8 Å². The van der Waals surface area contributed by atoms with Crippen LogP contribution in [0.4, 0.5) is 0 Å². The molecule has 0 unspecified atom stereocenters. The maximum atomic E-state index is 7.29. The van der Waals surface area contributed by atoms with E-state index in [0.717, 1.165) is 5.69 Å². The Morgan fingerprint density at radius 2 is 2.31 bits per heavy atom. The zero-order valence-corrected chi connectivity index (χ0v) is 8.87. The van der Waals surface area contributed by atoms with Gasteiger partial charge in [-0.3, -0.25) is 10.5 Å². The lowest BCUT2D eigenvalue weighted by atomic mass is 10.3. The highest BCUT2D eigenvalue weighted by Crippen LogP contribution is 1.94. The third kappa shape index (κ3) is 5.49. The molecule has 1 rings (SSSR count). The Hall–Kier alpha value is -0.740. The molecule has 0 aliphatic carbocycles. The van der Waals surface area contributed by atoms with Crippen LogP contribution in [-0.4, -0.2) is 22.7 Å². The van der Waals surface area contributed by atoms with Gasteiger partial charge >= 0.3 is 0 Å². The van der Waals surface area contributed by atoms with Gasteiger partial charge in [0.1, 0.15) is 0 Å². The number of nitrogens with zero attached hydrogens (tertiary/aromatic N) is 1. The second-order valence-electron chi connectivity index (χ2n) is 2.11. The third-order valence-corrected chi connectivity index (χ3v) is 1.23. The minimum atomic E-state index is 0. The van der Waals surface area contributed by atoms with E-state index in [1.807, 2.05) is 13.0 Å². The molecule has 2 N–H and O–H groups in total. The predicted octanol–water partition coefficient (Wildman–Crippen LogP) is 1.81. The van der Waals surface area contributed by atoms with Crippen molar-refractivity contribution in [1.29, 1.82) is 5.41 Å². The number of hydrogen-bond acceptors (Lipinski definition) is 3. The molecule has 0 radical (unpaired) electrons. The average Bonchev–Trinajstić information content (AvgIpc) is 2.40. The first-order valence-electron chi connectivity index (χ1n) is 3.51. The van der Waals surface area contributed by atoms with Crippen LogP contribution in [0.15, 0.2) is 12.3 Å². The van der Waals surface area contributed by atoms with Crippen molar-refractivity contribution in [2.75, 3.05) is 6.61 Å². The summed E-state index contributed by atoms with van der Waals surface area (Å²) in [6.07, 6.45) is 2.16. The van der Waals surface area contributed by atoms with Gasteiger partial charge in [-0.1, -0.05) is 0 Å². The quantitative estimate of drug-likeness (QED) is 0.609. The van der Waals surface area contributed by atoms with Crippen molar-refractivity contribution in [3.05, 3.63) is 18.0 Å². The number of halogens is 2. The first-order chi connectivity index (χ1) is 5.33. The number of ether oxygens (including phenoxy) is 1. The predicted molar refractivity (Wildman–Crippen MR) is 56.1 cm³/mol. The minimum Gasteiger partial charge on any atom is -0.481 e. The van der Waals surface area contributed by atoms with E-state index in [-0.39, 0.29) is 30.7 Å². The van der Waals surface area contributed by atoms with E-state index in [1.54, 1.807) is 6.20 Å². The number of aromatic amines is 1. The van der Waals surface area contributed by atoms with E-state index >= 15 is 0 Å². The normalized spacial score (nSPS) is 8.08. The van der Waals surface area contributed by atoms with Crippen molar-refractivity contribution in [3.8, 4) is 0 Å². The molecule has 1 heterocycles. The highest BCUT2D eigenvalue weighted by Gasteiger charge is 1.99. The molecule has 0 aliphatic heterocycles. The van der Waals surface area contributed by atoms with Crippen LogP contribution in [0.3, 0.4) is 0 Å². The Morgan fingerprint density at radius 1 is 1.62 bits per heavy atom. The summed E-state index contributed by atoms with van der Waals surface area (Å²) in [5.74, 6) is 0.275. The van der Waals surface area contributed by atoms with Crippen molar-refractivity contribution in [2.24, 2.45) is 0 Å². The van der Waals surface area contributed by atoms with Gasteiger partial charge in [0.25, 0.3) is 0 Å². The van der Waals surface area contributed by atoms with Crippen LogP contribution in [0.5, 0.6) is 0 Å². The molecule has 4 nitrogen and oxygen atoms in total. The van der Waals surface area contributed by atoms with Gasteiger partial charge in [-0.2, -0.15) is 5.10 Å². The summed E-state index contributed by atoms with van der Waals surface area (Å²) in [6.45, 7) is 2.41. The van der Waals surface area contributed by atoms with E-state index < -0.39 is 0 Å². The van der Waals surface area contributed by atoms with Gasteiger partial charge < -0.3 is 4.74 Å². The summed E-state index contributed by atoms with van der Waals surface area (Å²) in [5, 5.41) is 13.8. The summed E-state index contributed by atoms with van der Waals surface area (Å²) in [6, 6.07) is 1.83. The fraction of sp³-hybridized carbons (Fsp3) is 0.429. The van der Waals surface area contributed by atoms with Crippen molar-refractivity contribution in [2.45, 2.75) is 13.3 Å². The van der Waals surface area contributed by atoms with E-state index in [0.29, 0.717) is 13.0 Å². The molecule has 0 fully saturated rings. The lowest BCUT2D eigenvalue weighted by Gasteiger charge is -2.01. The molecule has 0 aliphatic rings. The number of H-pyrrole nitrogens is 1.